The van der Waals surface area contributed by atoms with Crippen LogP contribution in [0.25, 0.3) is 55.4 Å². The normalized spacial score (nSPS) is 11.4. The van der Waals surface area contributed by atoms with Gasteiger partial charge in [0.1, 0.15) is 11.5 Å². The maximum Gasteiger partial charge on any atom is 0.123 e. The van der Waals surface area contributed by atoms with E-state index in [1.807, 2.05) is 36.5 Å². The SMILES string of the molecule is Fc1cccc(-c2cncc3[nH]c(-c4n[nH]c5ccc(-c6cccnc6)cc45)cc23)c1. The standard InChI is InChI=1S/C25H16FN5/c26-18-5-1-3-16(9-18)21-13-28-14-24-19(21)11-23(29-24)25-20-10-15(6-7-22(20)30-31-25)17-4-2-8-27-12-17/h1-14,29H,(H,30,31). The van der Waals surface area contributed by atoms with Crippen LogP contribution in [-0.4, -0.2) is 25.1 Å². The van der Waals surface area contributed by atoms with Gasteiger partial charge < -0.3 is 4.98 Å². The van der Waals surface area contributed by atoms with Crippen molar-refractivity contribution in [1.82, 2.24) is 25.1 Å². The summed E-state index contributed by atoms with van der Waals surface area (Å²) in [5, 5.41) is 9.65. The van der Waals surface area contributed by atoms with Gasteiger partial charge in [-0.1, -0.05) is 24.3 Å². The smallest absolute Gasteiger partial charge is 0.123 e. The largest absolute Gasteiger partial charge is 0.352 e. The quantitative estimate of drug-likeness (QED) is 0.381. The maximum atomic E-state index is 13.8. The number of rotatable bonds is 3. The lowest BCUT2D eigenvalue weighted by molar-refractivity contribution is 0.628. The Morgan fingerprint density at radius 3 is 2.52 bits per heavy atom. The molecule has 0 saturated carbocycles. The summed E-state index contributed by atoms with van der Waals surface area (Å²) in [6.07, 6.45) is 7.15. The highest BCUT2D eigenvalue weighted by Crippen LogP contribution is 2.34. The van der Waals surface area contributed by atoms with Crippen LogP contribution in [0.3, 0.4) is 0 Å². The van der Waals surface area contributed by atoms with Crippen LogP contribution in [0.2, 0.25) is 0 Å². The minimum Gasteiger partial charge on any atom is -0.352 e. The number of hydrogen-bond donors (Lipinski definition) is 2. The number of pyridine rings is 2. The van der Waals surface area contributed by atoms with Crippen LogP contribution in [0.15, 0.2) is 85.5 Å². The number of nitrogens with one attached hydrogen (secondary N) is 2. The minimum absolute atomic E-state index is 0.272. The summed E-state index contributed by atoms with van der Waals surface area (Å²) in [6.45, 7) is 0. The van der Waals surface area contributed by atoms with Gasteiger partial charge in [-0.25, -0.2) is 4.39 Å². The first-order chi connectivity index (χ1) is 15.3. The summed E-state index contributed by atoms with van der Waals surface area (Å²) in [7, 11) is 0. The van der Waals surface area contributed by atoms with E-state index in [1.54, 1.807) is 24.7 Å². The van der Waals surface area contributed by atoms with Crippen LogP contribution in [0.1, 0.15) is 0 Å². The molecule has 2 aromatic carbocycles. The molecule has 4 heterocycles. The number of aromatic amines is 2. The molecule has 6 heteroatoms. The number of hydrogen-bond acceptors (Lipinski definition) is 3. The fraction of sp³-hybridized carbons (Fsp3) is 0. The van der Waals surface area contributed by atoms with Crippen molar-refractivity contribution in [2.24, 2.45) is 0 Å². The van der Waals surface area contributed by atoms with Gasteiger partial charge in [-0.2, -0.15) is 5.10 Å². The summed E-state index contributed by atoms with van der Waals surface area (Å²) in [5.41, 5.74) is 7.29. The molecule has 4 aromatic heterocycles. The fourth-order valence-corrected chi connectivity index (χ4v) is 4.00. The molecule has 2 N–H and O–H groups in total. The molecule has 0 unspecified atom stereocenters. The van der Waals surface area contributed by atoms with Gasteiger partial charge in [0, 0.05) is 40.5 Å². The van der Waals surface area contributed by atoms with Gasteiger partial charge in [0.05, 0.1) is 22.9 Å². The van der Waals surface area contributed by atoms with E-state index in [1.165, 1.54) is 12.1 Å². The lowest BCUT2D eigenvalue weighted by Crippen LogP contribution is -1.83. The Hall–Kier alpha value is -4.32. The molecule has 0 saturated heterocycles. The molecule has 0 aliphatic rings. The number of fused-ring (bicyclic) bond motifs is 2. The van der Waals surface area contributed by atoms with Crippen molar-refractivity contribution in [3.8, 4) is 33.6 Å². The van der Waals surface area contributed by atoms with Crippen LogP contribution in [-0.2, 0) is 0 Å². The molecular formula is C25H16FN5. The molecule has 0 spiro atoms. The third-order valence-electron chi connectivity index (χ3n) is 5.49. The third-order valence-corrected chi connectivity index (χ3v) is 5.49. The van der Waals surface area contributed by atoms with E-state index in [4.69, 9.17) is 0 Å². The highest BCUT2D eigenvalue weighted by Gasteiger charge is 2.15. The highest BCUT2D eigenvalue weighted by atomic mass is 19.1. The molecule has 0 atom stereocenters. The first kappa shape index (κ1) is 17.5. The number of H-pyrrole nitrogens is 2. The first-order valence-electron chi connectivity index (χ1n) is 9.88. The van der Waals surface area contributed by atoms with E-state index in [-0.39, 0.29) is 5.82 Å². The highest BCUT2D eigenvalue weighted by molar-refractivity contribution is 6.01. The Morgan fingerprint density at radius 2 is 1.65 bits per heavy atom. The van der Waals surface area contributed by atoms with Gasteiger partial charge in [-0.3, -0.25) is 15.1 Å². The molecule has 5 nitrogen and oxygen atoms in total. The Balaban J connectivity index is 1.52. The molecule has 0 aliphatic heterocycles. The summed E-state index contributed by atoms with van der Waals surface area (Å²) in [5.74, 6) is -0.272. The summed E-state index contributed by atoms with van der Waals surface area (Å²) < 4.78 is 13.8. The van der Waals surface area contributed by atoms with Gasteiger partial charge >= 0.3 is 0 Å². The zero-order valence-corrected chi connectivity index (χ0v) is 16.3. The molecule has 148 valence electrons. The number of halogens is 1. The van der Waals surface area contributed by atoms with Crippen molar-refractivity contribution in [3.05, 3.63) is 91.3 Å². The average molecular weight is 405 g/mol. The second-order valence-electron chi connectivity index (χ2n) is 7.42. The molecule has 6 rings (SSSR count). The number of nitrogens with zero attached hydrogens (tertiary/aromatic N) is 3. The van der Waals surface area contributed by atoms with Gasteiger partial charge in [0.15, 0.2) is 0 Å². The van der Waals surface area contributed by atoms with E-state index in [0.717, 1.165) is 55.4 Å². The maximum absolute atomic E-state index is 13.8. The van der Waals surface area contributed by atoms with Gasteiger partial charge in [0.2, 0.25) is 0 Å². The predicted octanol–water partition coefficient (Wildman–Crippen LogP) is 5.97. The zero-order chi connectivity index (χ0) is 20.8. The van der Waals surface area contributed by atoms with Crippen LogP contribution in [0, 0.1) is 5.82 Å². The second-order valence-corrected chi connectivity index (χ2v) is 7.42. The average Bonchev–Trinajstić information content (AvgIpc) is 3.43. The summed E-state index contributed by atoms with van der Waals surface area (Å²) in [4.78, 5) is 12.0. The molecule has 6 aromatic rings. The van der Waals surface area contributed by atoms with Crippen LogP contribution >= 0.6 is 0 Å². The predicted molar refractivity (Wildman–Crippen MR) is 120 cm³/mol. The van der Waals surface area contributed by atoms with Gasteiger partial charge in [0.25, 0.3) is 0 Å². The monoisotopic (exact) mass is 405 g/mol. The van der Waals surface area contributed by atoms with Gasteiger partial charge in [-0.15, -0.1) is 0 Å². The Kier molecular flexibility index (Phi) is 3.89. The van der Waals surface area contributed by atoms with Crippen LogP contribution in [0.4, 0.5) is 4.39 Å². The molecule has 31 heavy (non-hydrogen) atoms. The Labute approximate surface area is 176 Å². The Morgan fingerprint density at radius 1 is 0.710 bits per heavy atom. The van der Waals surface area contributed by atoms with E-state index in [0.29, 0.717) is 0 Å². The van der Waals surface area contributed by atoms with Crippen LogP contribution in [0.5, 0.6) is 0 Å². The first-order valence-corrected chi connectivity index (χ1v) is 9.88. The zero-order valence-electron chi connectivity index (χ0n) is 16.3. The summed E-state index contributed by atoms with van der Waals surface area (Å²) >= 11 is 0. The third kappa shape index (κ3) is 2.97. The lowest BCUT2D eigenvalue weighted by atomic mass is 10.0. The molecule has 0 radical (unpaired) electrons. The summed E-state index contributed by atoms with van der Waals surface area (Å²) in [6, 6.07) is 18.8. The van der Waals surface area contributed by atoms with E-state index in [9.17, 15) is 4.39 Å². The minimum atomic E-state index is -0.272. The molecule has 0 aliphatic carbocycles. The van der Waals surface area contributed by atoms with Crippen LogP contribution < -0.4 is 0 Å². The Bertz CT molecular complexity index is 1550. The molecule has 0 fully saturated rings. The fourth-order valence-electron chi connectivity index (χ4n) is 4.00. The molecule has 0 bridgehead atoms. The van der Waals surface area contributed by atoms with Gasteiger partial charge in [-0.05, 0) is 47.5 Å². The topological polar surface area (TPSA) is 70.2 Å². The van der Waals surface area contributed by atoms with Crippen molar-refractivity contribution in [1.29, 1.82) is 0 Å². The van der Waals surface area contributed by atoms with E-state index >= 15 is 0 Å². The molecule has 0 amide bonds. The van der Waals surface area contributed by atoms with Crippen molar-refractivity contribution >= 4 is 21.8 Å². The van der Waals surface area contributed by atoms with Crippen molar-refractivity contribution in [2.75, 3.05) is 0 Å². The second kappa shape index (κ2) is 6.88. The van der Waals surface area contributed by atoms with Crippen molar-refractivity contribution in [3.63, 3.8) is 0 Å². The van der Waals surface area contributed by atoms with E-state index in [2.05, 4.69) is 37.3 Å². The number of benzene rings is 2. The van der Waals surface area contributed by atoms with Crippen molar-refractivity contribution in [2.45, 2.75) is 0 Å². The number of aromatic nitrogens is 5. The lowest BCUT2D eigenvalue weighted by Gasteiger charge is -2.02. The van der Waals surface area contributed by atoms with E-state index < -0.39 is 0 Å². The van der Waals surface area contributed by atoms with Crippen molar-refractivity contribution < 1.29 is 4.39 Å². The molecular weight excluding hydrogens is 389 g/mol.